The van der Waals surface area contributed by atoms with Gasteiger partial charge in [-0.05, 0) is 49.4 Å². The zero-order valence-corrected chi connectivity index (χ0v) is 16.8. The molecular formula is C20H32ClN3O2. The van der Waals surface area contributed by atoms with Crippen molar-refractivity contribution in [2.24, 2.45) is 11.3 Å². The Kier molecular flexibility index (Phi) is 9.09. The highest BCUT2D eigenvalue weighted by atomic mass is 35.5. The Balaban J connectivity index is 0.00000338. The lowest BCUT2D eigenvalue weighted by atomic mass is 9.81. The standard InChI is InChI=1S/C20H31N3O2.ClH/c1-4-15(2)17(23-18(24)16-8-6-5-7-9-16)19(25)22-14-20(3)10-12-21-13-11-20;/h5-9,15,17,21H,4,10-14H2,1-3H3,(H,22,25)(H,23,24);1H. The van der Waals surface area contributed by atoms with E-state index in [9.17, 15) is 9.59 Å². The first kappa shape index (κ1) is 22.5. The van der Waals surface area contributed by atoms with Crippen LogP contribution in [0.4, 0.5) is 0 Å². The molecule has 2 atom stereocenters. The van der Waals surface area contributed by atoms with Crippen molar-refractivity contribution in [1.82, 2.24) is 16.0 Å². The molecule has 2 rings (SSSR count). The average molecular weight is 382 g/mol. The third-order valence-electron chi connectivity index (χ3n) is 5.32. The van der Waals surface area contributed by atoms with Crippen LogP contribution in [0.1, 0.15) is 50.4 Å². The van der Waals surface area contributed by atoms with Gasteiger partial charge < -0.3 is 16.0 Å². The van der Waals surface area contributed by atoms with Crippen LogP contribution in [0.25, 0.3) is 0 Å². The molecule has 146 valence electrons. The van der Waals surface area contributed by atoms with E-state index in [0.717, 1.165) is 32.4 Å². The van der Waals surface area contributed by atoms with Gasteiger partial charge in [0.1, 0.15) is 6.04 Å². The van der Waals surface area contributed by atoms with Crippen molar-refractivity contribution in [3.8, 4) is 0 Å². The number of benzene rings is 1. The third-order valence-corrected chi connectivity index (χ3v) is 5.32. The van der Waals surface area contributed by atoms with Gasteiger partial charge in [0.25, 0.3) is 5.91 Å². The van der Waals surface area contributed by atoms with Gasteiger partial charge in [-0.2, -0.15) is 0 Å². The second-order valence-corrected chi connectivity index (χ2v) is 7.48. The summed E-state index contributed by atoms with van der Waals surface area (Å²) in [5.41, 5.74) is 0.707. The summed E-state index contributed by atoms with van der Waals surface area (Å²) in [6, 6.07) is 8.53. The van der Waals surface area contributed by atoms with Crippen molar-refractivity contribution in [2.45, 2.75) is 46.1 Å². The minimum Gasteiger partial charge on any atom is -0.354 e. The molecular weight excluding hydrogens is 350 g/mol. The van der Waals surface area contributed by atoms with E-state index >= 15 is 0 Å². The predicted molar refractivity (Wildman–Crippen MR) is 108 cm³/mol. The normalized spacial score (nSPS) is 18.1. The summed E-state index contributed by atoms with van der Waals surface area (Å²) >= 11 is 0. The summed E-state index contributed by atoms with van der Waals surface area (Å²) in [4.78, 5) is 25.2. The third kappa shape index (κ3) is 6.29. The number of halogens is 1. The molecule has 6 heteroatoms. The predicted octanol–water partition coefficient (Wildman–Crippen LogP) is 2.76. The first-order chi connectivity index (χ1) is 11.9. The Morgan fingerprint density at radius 2 is 1.81 bits per heavy atom. The number of carbonyl (C=O) groups excluding carboxylic acids is 2. The molecule has 0 aromatic heterocycles. The van der Waals surface area contributed by atoms with Crippen molar-refractivity contribution >= 4 is 24.2 Å². The smallest absolute Gasteiger partial charge is 0.251 e. The molecule has 26 heavy (non-hydrogen) atoms. The largest absolute Gasteiger partial charge is 0.354 e. The number of hydrogen-bond acceptors (Lipinski definition) is 3. The quantitative estimate of drug-likeness (QED) is 0.680. The van der Waals surface area contributed by atoms with Gasteiger partial charge in [-0.1, -0.05) is 45.4 Å². The lowest BCUT2D eigenvalue weighted by Crippen LogP contribution is -2.52. The van der Waals surface area contributed by atoms with Crippen molar-refractivity contribution in [1.29, 1.82) is 0 Å². The van der Waals surface area contributed by atoms with Gasteiger partial charge in [0.15, 0.2) is 0 Å². The molecule has 0 spiro atoms. The number of hydrogen-bond donors (Lipinski definition) is 3. The van der Waals surface area contributed by atoms with Crippen LogP contribution in [-0.4, -0.2) is 37.5 Å². The molecule has 5 nitrogen and oxygen atoms in total. The highest BCUT2D eigenvalue weighted by Gasteiger charge is 2.30. The first-order valence-corrected chi connectivity index (χ1v) is 9.29. The fraction of sp³-hybridized carbons (Fsp3) is 0.600. The number of carbonyl (C=O) groups is 2. The van der Waals surface area contributed by atoms with Gasteiger partial charge in [-0.3, -0.25) is 9.59 Å². The Morgan fingerprint density at radius 1 is 1.19 bits per heavy atom. The van der Waals surface area contributed by atoms with Gasteiger partial charge in [-0.15, -0.1) is 12.4 Å². The highest BCUT2D eigenvalue weighted by Crippen LogP contribution is 2.26. The Bertz CT molecular complexity index is 574. The monoisotopic (exact) mass is 381 g/mol. The van der Waals surface area contributed by atoms with Crippen LogP contribution in [0.2, 0.25) is 0 Å². The van der Waals surface area contributed by atoms with Gasteiger partial charge >= 0.3 is 0 Å². The number of amides is 2. The summed E-state index contributed by atoms with van der Waals surface area (Å²) in [6.45, 7) is 8.89. The maximum absolute atomic E-state index is 12.8. The van der Waals surface area contributed by atoms with Crippen LogP contribution in [-0.2, 0) is 4.79 Å². The molecule has 1 fully saturated rings. The highest BCUT2D eigenvalue weighted by molar-refractivity contribution is 5.97. The van der Waals surface area contributed by atoms with E-state index in [1.54, 1.807) is 12.1 Å². The molecule has 1 aliphatic rings. The molecule has 2 amide bonds. The van der Waals surface area contributed by atoms with E-state index in [0.29, 0.717) is 12.1 Å². The van der Waals surface area contributed by atoms with Crippen molar-refractivity contribution in [2.75, 3.05) is 19.6 Å². The summed E-state index contributed by atoms with van der Waals surface area (Å²) in [5, 5.41) is 9.36. The van der Waals surface area contributed by atoms with Gasteiger partial charge in [-0.25, -0.2) is 0 Å². The van der Waals surface area contributed by atoms with E-state index < -0.39 is 6.04 Å². The molecule has 2 unspecified atom stereocenters. The molecule has 1 aliphatic heterocycles. The zero-order valence-electron chi connectivity index (χ0n) is 16.0. The molecule has 1 heterocycles. The van der Waals surface area contributed by atoms with E-state index in [1.165, 1.54) is 0 Å². The Hall–Kier alpha value is -1.59. The molecule has 1 saturated heterocycles. The number of rotatable bonds is 7. The average Bonchev–Trinajstić information content (AvgIpc) is 2.64. The second kappa shape index (κ2) is 10.5. The van der Waals surface area contributed by atoms with E-state index in [2.05, 4.69) is 22.9 Å². The van der Waals surface area contributed by atoms with Gasteiger partial charge in [0.2, 0.25) is 5.91 Å². The lowest BCUT2D eigenvalue weighted by Gasteiger charge is -2.35. The molecule has 1 aromatic rings. The van der Waals surface area contributed by atoms with Crippen LogP contribution in [0, 0.1) is 11.3 Å². The summed E-state index contributed by atoms with van der Waals surface area (Å²) in [6.07, 6.45) is 2.93. The summed E-state index contributed by atoms with van der Waals surface area (Å²) in [5.74, 6) is -0.207. The van der Waals surface area contributed by atoms with Crippen LogP contribution in [0.15, 0.2) is 30.3 Å². The minimum absolute atomic E-state index is 0. The fourth-order valence-electron chi connectivity index (χ4n) is 3.13. The lowest BCUT2D eigenvalue weighted by molar-refractivity contribution is -0.124. The fourth-order valence-corrected chi connectivity index (χ4v) is 3.13. The van der Waals surface area contributed by atoms with Crippen LogP contribution in [0.5, 0.6) is 0 Å². The van der Waals surface area contributed by atoms with E-state index in [1.807, 2.05) is 32.0 Å². The van der Waals surface area contributed by atoms with Crippen LogP contribution in [0.3, 0.4) is 0 Å². The van der Waals surface area contributed by atoms with Crippen molar-refractivity contribution < 1.29 is 9.59 Å². The molecule has 3 N–H and O–H groups in total. The van der Waals surface area contributed by atoms with Gasteiger partial charge in [0.05, 0.1) is 0 Å². The van der Waals surface area contributed by atoms with Crippen molar-refractivity contribution in [3.63, 3.8) is 0 Å². The van der Waals surface area contributed by atoms with E-state index in [-0.39, 0.29) is 35.6 Å². The summed E-state index contributed by atoms with van der Waals surface area (Å²) < 4.78 is 0. The van der Waals surface area contributed by atoms with Crippen LogP contribution >= 0.6 is 12.4 Å². The Morgan fingerprint density at radius 3 is 2.38 bits per heavy atom. The van der Waals surface area contributed by atoms with E-state index in [4.69, 9.17) is 0 Å². The second-order valence-electron chi connectivity index (χ2n) is 7.48. The molecule has 0 radical (unpaired) electrons. The Labute approximate surface area is 163 Å². The molecule has 0 aliphatic carbocycles. The topological polar surface area (TPSA) is 70.2 Å². The SMILES string of the molecule is CCC(C)C(NC(=O)c1ccccc1)C(=O)NCC1(C)CCNCC1.Cl. The number of piperidine rings is 1. The maximum Gasteiger partial charge on any atom is 0.251 e. The minimum atomic E-state index is -0.511. The maximum atomic E-state index is 12.8. The molecule has 0 saturated carbocycles. The van der Waals surface area contributed by atoms with Crippen molar-refractivity contribution in [3.05, 3.63) is 35.9 Å². The molecule has 0 bridgehead atoms. The number of nitrogens with one attached hydrogen (secondary N) is 3. The van der Waals surface area contributed by atoms with Crippen LogP contribution < -0.4 is 16.0 Å². The first-order valence-electron chi connectivity index (χ1n) is 9.29. The van der Waals surface area contributed by atoms with Gasteiger partial charge in [0, 0.05) is 12.1 Å². The summed E-state index contributed by atoms with van der Waals surface area (Å²) in [7, 11) is 0. The zero-order chi connectivity index (χ0) is 18.3. The molecule has 1 aromatic carbocycles.